The number of benzene rings is 2. The molecule has 2 aromatic rings. The first-order valence-electron chi connectivity index (χ1n) is 10.1. The molecule has 2 aromatic carbocycles. The minimum Gasteiger partial charge on any atom is -0.492 e. The summed E-state index contributed by atoms with van der Waals surface area (Å²) >= 11 is 0. The zero-order valence-corrected chi connectivity index (χ0v) is 17.3. The van der Waals surface area contributed by atoms with E-state index in [0.717, 1.165) is 31.6 Å². The van der Waals surface area contributed by atoms with E-state index in [-0.39, 0.29) is 18.3 Å². The van der Waals surface area contributed by atoms with E-state index in [9.17, 15) is 8.42 Å². The Kier molecular flexibility index (Phi) is 7.48. The maximum Gasteiger partial charge on any atom is 0.211 e. The molecule has 3 rings (SSSR count). The third-order valence-electron chi connectivity index (χ3n) is 4.95. The minimum atomic E-state index is -3.19. The van der Waals surface area contributed by atoms with Crippen LogP contribution in [0.3, 0.4) is 0 Å². The summed E-state index contributed by atoms with van der Waals surface area (Å²) in [7, 11) is -3.19. The Hall–Kier alpha value is -1.89. The molecule has 5 nitrogen and oxygen atoms in total. The number of rotatable bonds is 9. The van der Waals surface area contributed by atoms with Crippen molar-refractivity contribution in [1.82, 2.24) is 10.0 Å². The van der Waals surface area contributed by atoms with E-state index in [4.69, 9.17) is 4.74 Å². The van der Waals surface area contributed by atoms with E-state index in [1.165, 1.54) is 16.7 Å². The zero-order valence-electron chi connectivity index (χ0n) is 16.5. The molecular weight excluding hydrogens is 372 g/mol. The number of nitrogens with one attached hydrogen (secondary N) is 2. The van der Waals surface area contributed by atoms with Gasteiger partial charge in [-0.1, -0.05) is 43.3 Å². The van der Waals surface area contributed by atoms with Gasteiger partial charge in [-0.15, -0.1) is 0 Å². The summed E-state index contributed by atoms with van der Waals surface area (Å²) < 4.78 is 31.8. The Morgan fingerprint density at radius 1 is 1.18 bits per heavy atom. The second-order valence-corrected chi connectivity index (χ2v) is 9.15. The molecule has 1 atom stereocenters. The van der Waals surface area contributed by atoms with Gasteiger partial charge in [0.05, 0.1) is 5.75 Å². The van der Waals surface area contributed by atoms with Gasteiger partial charge in [-0.05, 0) is 61.1 Å². The maximum atomic E-state index is 11.7. The van der Waals surface area contributed by atoms with Gasteiger partial charge >= 0.3 is 0 Å². The molecule has 1 aliphatic heterocycles. The molecule has 0 spiro atoms. The Labute approximate surface area is 168 Å². The molecule has 0 fully saturated rings. The fraction of sp³-hybridized carbons (Fsp3) is 0.455. The zero-order chi connectivity index (χ0) is 19.8. The highest BCUT2D eigenvalue weighted by atomic mass is 32.2. The van der Waals surface area contributed by atoms with Crippen molar-refractivity contribution in [3.63, 3.8) is 0 Å². The van der Waals surface area contributed by atoms with Gasteiger partial charge in [-0.2, -0.15) is 0 Å². The van der Waals surface area contributed by atoms with E-state index in [0.29, 0.717) is 13.0 Å². The SMILES string of the molecule is CCCS(=O)(=O)NCCOc1ccc2c(c1)C(Cc1ccccc1)NCCC2. The van der Waals surface area contributed by atoms with Crippen molar-refractivity contribution in [2.75, 3.05) is 25.4 Å². The lowest BCUT2D eigenvalue weighted by molar-refractivity contribution is 0.322. The van der Waals surface area contributed by atoms with Crippen molar-refractivity contribution in [3.05, 3.63) is 65.2 Å². The molecule has 0 amide bonds. The van der Waals surface area contributed by atoms with Gasteiger partial charge in [0.15, 0.2) is 0 Å². The second-order valence-electron chi connectivity index (χ2n) is 7.22. The quantitative estimate of drug-likeness (QED) is 0.632. The summed E-state index contributed by atoms with van der Waals surface area (Å²) in [4.78, 5) is 0. The van der Waals surface area contributed by atoms with Crippen LogP contribution in [0.1, 0.15) is 42.5 Å². The minimum absolute atomic E-state index is 0.151. The average molecular weight is 403 g/mol. The van der Waals surface area contributed by atoms with E-state index in [1.54, 1.807) is 0 Å². The van der Waals surface area contributed by atoms with Gasteiger partial charge in [0.1, 0.15) is 12.4 Å². The number of sulfonamides is 1. The number of fused-ring (bicyclic) bond motifs is 1. The highest BCUT2D eigenvalue weighted by Crippen LogP contribution is 2.29. The van der Waals surface area contributed by atoms with Crippen LogP contribution in [-0.4, -0.2) is 33.9 Å². The third kappa shape index (κ3) is 6.06. The molecule has 152 valence electrons. The summed E-state index contributed by atoms with van der Waals surface area (Å²) in [6.07, 6.45) is 3.73. The van der Waals surface area contributed by atoms with Crippen molar-refractivity contribution in [3.8, 4) is 5.75 Å². The van der Waals surface area contributed by atoms with Crippen LogP contribution in [0.4, 0.5) is 0 Å². The highest BCUT2D eigenvalue weighted by molar-refractivity contribution is 7.89. The molecule has 1 aliphatic rings. The lowest BCUT2D eigenvalue weighted by Crippen LogP contribution is -2.30. The van der Waals surface area contributed by atoms with Gasteiger partial charge in [0.2, 0.25) is 10.0 Å². The molecule has 2 N–H and O–H groups in total. The lowest BCUT2D eigenvalue weighted by atomic mass is 9.94. The number of aryl methyl sites for hydroxylation is 1. The van der Waals surface area contributed by atoms with Crippen LogP contribution < -0.4 is 14.8 Å². The maximum absolute atomic E-state index is 11.7. The first-order valence-corrected chi connectivity index (χ1v) is 11.7. The summed E-state index contributed by atoms with van der Waals surface area (Å²) in [6, 6.07) is 17.0. The van der Waals surface area contributed by atoms with E-state index in [2.05, 4.69) is 46.4 Å². The van der Waals surface area contributed by atoms with Crippen molar-refractivity contribution in [1.29, 1.82) is 0 Å². The van der Waals surface area contributed by atoms with Crippen LogP contribution in [0, 0.1) is 0 Å². The van der Waals surface area contributed by atoms with Crippen LogP contribution >= 0.6 is 0 Å². The van der Waals surface area contributed by atoms with Crippen LogP contribution in [0.5, 0.6) is 5.75 Å². The van der Waals surface area contributed by atoms with Gasteiger partial charge in [0.25, 0.3) is 0 Å². The predicted molar refractivity (Wildman–Crippen MR) is 113 cm³/mol. The molecule has 0 saturated carbocycles. The Balaban J connectivity index is 1.65. The van der Waals surface area contributed by atoms with Crippen LogP contribution in [0.15, 0.2) is 48.5 Å². The van der Waals surface area contributed by atoms with Crippen LogP contribution in [0.25, 0.3) is 0 Å². The normalized spacial score (nSPS) is 17.0. The molecule has 0 aliphatic carbocycles. The fourth-order valence-electron chi connectivity index (χ4n) is 3.62. The van der Waals surface area contributed by atoms with Crippen LogP contribution in [0.2, 0.25) is 0 Å². The molecule has 6 heteroatoms. The number of hydrogen-bond donors (Lipinski definition) is 2. The fourth-order valence-corrected chi connectivity index (χ4v) is 4.69. The largest absolute Gasteiger partial charge is 0.492 e. The molecule has 28 heavy (non-hydrogen) atoms. The van der Waals surface area contributed by atoms with Gasteiger partial charge < -0.3 is 10.1 Å². The third-order valence-corrected chi connectivity index (χ3v) is 6.54. The molecule has 1 unspecified atom stereocenters. The lowest BCUT2D eigenvalue weighted by Gasteiger charge is -2.20. The van der Waals surface area contributed by atoms with E-state index < -0.39 is 10.0 Å². The monoisotopic (exact) mass is 402 g/mol. The Morgan fingerprint density at radius 2 is 2.00 bits per heavy atom. The predicted octanol–water partition coefficient (Wildman–Crippen LogP) is 3.21. The standard InChI is InChI=1S/C22H30N2O3S/c1-2-15-28(25,26)24-13-14-27-20-11-10-19-9-6-12-23-22(21(19)17-20)16-18-7-4-3-5-8-18/h3-5,7-8,10-11,17,22-24H,2,6,9,12-16H2,1H3. The van der Waals surface area contributed by atoms with Gasteiger partial charge in [-0.25, -0.2) is 13.1 Å². The average Bonchev–Trinajstić information content (AvgIpc) is 2.88. The molecular formula is C22H30N2O3S. The molecule has 0 bridgehead atoms. The Bertz CT molecular complexity index is 853. The van der Waals surface area contributed by atoms with Crippen molar-refractivity contribution < 1.29 is 13.2 Å². The first-order chi connectivity index (χ1) is 13.6. The second kappa shape index (κ2) is 10.0. The first kappa shape index (κ1) is 20.8. The molecule has 0 radical (unpaired) electrons. The van der Waals surface area contributed by atoms with Crippen LogP contribution in [-0.2, 0) is 22.9 Å². The topological polar surface area (TPSA) is 67.4 Å². The summed E-state index contributed by atoms with van der Waals surface area (Å²) in [5.41, 5.74) is 3.96. The summed E-state index contributed by atoms with van der Waals surface area (Å²) in [6.45, 7) is 3.45. The van der Waals surface area contributed by atoms with Crippen molar-refractivity contribution >= 4 is 10.0 Å². The molecule has 0 saturated heterocycles. The van der Waals surface area contributed by atoms with Gasteiger partial charge in [-0.3, -0.25) is 0 Å². The van der Waals surface area contributed by atoms with E-state index >= 15 is 0 Å². The molecule has 0 aromatic heterocycles. The van der Waals surface area contributed by atoms with E-state index in [1.807, 2.05) is 19.1 Å². The summed E-state index contributed by atoms with van der Waals surface area (Å²) in [5.74, 6) is 0.939. The number of ether oxygens (including phenoxy) is 1. The summed E-state index contributed by atoms with van der Waals surface area (Å²) in [5, 5.41) is 3.67. The van der Waals surface area contributed by atoms with Crippen molar-refractivity contribution in [2.45, 2.75) is 38.6 Å². The van der Waals surface area contributed by atoms with Crippen molar-refractivity contribution in [2.24, 2.45) is 0 Å². The number of hydrogen-bond acceptors (Lipinski definition) is 4. The van der Waals surface area contributed by atoms with Gasteiger partial charge in [0, 0.05) is 12.6 Å². The molecule has 1 heterocycles. The Morgan fingerprint density at radius 3 is 2.79 bits per heavy atom. The smallest absolute Gasteiger partial charge is 0.211 e. The highest BCUT2D eigenvalue weighted by Gasteiger charge is 2.19.